The molecule has 3 amide bonds. The van der Waals surface area contributed by atoms with Gasteiger partial charge in [-0.15, -0.1) is 0 Å². The molecule has 13 heteroatoms. The number of nitrogens with one attached hydrogen (secondary N) is 2. The van der Waals surface area contributed by atoms with E-state index in [1.165, 1.54) is 34.7 Å². The Morgan fingerprint density at radius 3 is 2.33 bits per heavy atom. The van der Waals surface area contributed by atoms with E-state index in [1.807, 2.05) is 6.07 Å². The first kappa shape index (κ1) is 30.9. The van der Waals surface area contributed by atoms with Gasteiger partial charge in [-0.2, -0.15) is 23.5 Å². The summed E-state index contributed by atoms with van der Waals surface area (Å²) in [6.07, 6.45) is -4.71. The number of aromatic nitrogens is 2. The molecule has 5 rings (SSSR count). The van der Waals surface area contributed by atoms with Crippen molar-refractivity contribution >= 4 is 23.5 Å². The Balaban J connectivity index is 1.73. The predicted octanol–water partition coefficient (Wildman–Crippen LogP) is 4.97. The van der Waals surface area contributed by atoms with Gasteiger partial charge in [0.25, 0.3) is 17.7 Å². The van der Waals surface area contributed by atoms with Crippen LogP contribution in [0, 0.1) is 17.1 Å². The molecule has 3 aromatic carbocycles. The molecule has 2 N–H and O–H groups in total. The molecule has 0 unspecified atom stereocenters. The zero-order valence-electron chi connectivity index (χ0n) is 24.0. The van der Waals surface area contributed by atoms with Gasteiger partial charge < -0.3 is 10.6 Å². The van der Waals surface area contributed by atoms with Crippen LogP contribution in [0.1, 0.15) is 57.3 Å². The molecule has 1 aromatic heterocycles. The van der Waals surface area contributed by atoms with Crippen molar-refractivity contribution < 1.29 is 31.9 Å². The minimum absolute atomic E-state index is 0.0616. The number of halogens is 4. The Morgan fingerprint density at radius 2 is 1.71 bits per heavy atom. The normalized spacial score (nSPS) is 16.8. The van der Waals surface area contributed by atoms with Gasteiger partial charge in [0.2, 0.25) is 0 Å². The van der Waals surface area contributed by atoms with Gasteiger partial charge in [0.1, 0.15) is 23.7 Å². The summed E-state index contributed by atoms with van der Waals surface area (Å²) in [6, 6.07) is 17.0. The number of benzene rings is 3. The van der Waals surface area contributed by atoms with Gasteiger partial charge in [0, 0.05) is 23.6 Å². The second-order valence-corrected chi connectivity index (χ2v) is 10.3. The van der Waals surface area contributed by atoms with Crippen molar-refractivity contribution in [1.82, 2.24) is 20.4 Å². The van der Waals surface area contributed by atoms with E-state index in [1.54, 1.807) is 37.3 Å². The Bertz CT molecular complexity index is 1800. The van der Waals surface area contributed by atoms with Crippen molar-refractivity contribution in [3.05, 3.63) is 113 Å². The lowest BCUT2D eigenvalue weighted by atomic mass is 9.80. The fraction of sp³-hybridized carbons (Fsp3) is 0.219. The van der Waals surface area contributed by atoms with Gasteiger partial charge >= 0.3 is 6.18 Å². The summed E-state index contributed by atoms with van der Waals surface area (Å²) in [5.41, 5.74) is -0.529. The second-order valence-electron chi connectivity index (χ2n) is 10.3. The largest absolute Gasteiger partial charge is 0.416 e. The van der Waals surface area contributed by atoms with E-state index in [4.69, 9.17) is 0 Å². The highest BCUT2D eigenvalue weighted by Crippen LogP contribution is 2.44. The molecule has 0 saturated carbocycles. The maximum atomic E-state index is 14.2. The zero-order chi connectivity index (χ0) is 32.5. The van der Waals surface area contributed by atoms with Gasteiger partial charge in [-0.3, -0.25) is 19.3 Å². The van der Waals surface area contributed by atoms with E-state index in [0.29, 0.717) is 17.3 Å². The number of likely N-dealkylation sites (N-methyl/N-ethyl adjacent to an activating group) is 1. The van der Waals surface area contributed by atoms with Crippen LogP contribution in [0.2, 0.25) is 0 Å². The molecule has 1 aliphatic heterocycles. The van der Waals surface area contributed by atoms with Crippen LogP contribution < -0.4 is 15.5 Å². The Labute approximate surface area is 255 Å². The molecular formula is C32H26F4N6O3. The van der Waals surface area contributed by atoms with Crippen molar-refractivity contribution in [2.45, 2.75) is 38.0 Å². The number of amides is 3. The van der Waals surface area contributed by atoms with Crippen molar-refractivity contribution in [2.75, 3.05) is 11.4 Å². The first-order valence-electron chi connectivity index (χ1n) is 13.9. The Morgan fingerprint density at radius 1 is 1.02 bits per heavy atom. The maximum Gasteiger partial charge on any atom is 0.416 e. The molecule has 2 heterocycles. The summed E-state index contributed by atoms with van der Waals surface area (Å²) < 4.78 is 55.7. The molecule has 1 aliphatic rings. The molecule has 3 atom stereocenters. The molecule has 0 saturated heterocycles. The van der Waals surface area contributed by atoms with Crippen molar-refractivity contribution in [2.24, 2.45) is 0 Å². The Kier molecular flexibility index (Phi) is 8.41. The van der Waals surface area contributed by atoms with E-state index in [9.17, 15) is 37.2 Å². The van der Waals surface area contributed by atoms with Crippen LogP contribution in [0.15, 0.2) is 78.9 Å². The molecule has 4 aromatic rings. The highest BCUT2D eigenvalue weighted by Gasteiger charge is 2.47. The molecule has 0 aliphatic carbocycles. The second kappa shape index (κ2) is 12.2. The highest BCUT2D eigenvalue weighted by molar-refractivity contribution is 6.07. The number of alkyl halides is 3. The van der Waals surface area contributed by atoms with E-state index in [2.05, 4.69) is 15.7 Å². The van der Waals surface area contributed by atoms with Gasteiger partial charge in [0.15, 0.2) is 5.69 Å². The average Bonchev–Trinajstić information content (AvgIpc) is 3.42. The fourth-order valence-corrected chi connectivity index (χ4v) is 5.30. The lowest BCUT2D eigenvalue weighted by Crippen LogP contribution is -2.55. The summed E-state index contributed by atoms with van der Waals surface area (Å²) in [7, 11) is 0. The molecule has 0 bridgehead atoms. The summed E-state index contributed by atoms with van der Waals surface area (Å²) >= 11 is 0. The van der Waals surface area contributed by atoms with E-state index >= 15 is 0 Å². The van der Waals surface area contributed by atoms with Crippen LogP contribution in [0.25, 0.3) is 5.69 Å². The summed E-state index contributed by atoms with van der Waals surface area (Å²) in [4.78, 5) is 42.6. The van der Waals surface area contributed by atoms with Crippen molar-refractivity contribution in [3.63, 3.8) is 0 Å². The van der Waals surface area contributed by atoms with E-state index < -0.39 is 53.3 Å². The zero-order valence-corrected chi connectivity index (χ0v) is 24.0. The van der Waals surface area contributed by atoms with Gasteiger partial charge in [-0.1, -0.05) is 36.4 Å². The SMILES string of the molecule is CCN1C(=O)[C@@H](NC(=O)c2cccc(C(F)(F)F)c2)[C@@H](c2ccc(F)cc2)c2c(C(=O)N[C@H](C)C#N)nn(-c3ccccc3)c21. The van der Waals surface area contributed by atoms with Crippen LogP contribution in [-0.2, 0) is 11.0 Å². The molecule has 9 nitrogen and oxygen atoms in total. The summed E-state index contributed by atoms with van der Waals surface area (Å²) in [5.74, 6) is -3.85. The third kappa shape index (κ3) is 5.99. The number of rotatable bonds is 7. The maximum absolute atomic E-state index is 14.2. The molecule has 0 spiro atoms. The van der Waals surface area contributed by atoms with E-state index in [0.717, 1.165) is 24.3 Å². The number of hydrogen-bond donors (Lipinski definition) is 2. The number of carbonyl (C=O) groups excluding carboxylic acids is 3. The van der Waals surface area contributed by atoms with Gasteiger partial charge in [-0.05, 0) is 61.9 Å². The summed E-state index contributed by atoms with van der Waals surface area (Å²) in [5, 5.41) is 19.1. The highest BCUT2D eigenvalue weighted by atomic mass is 19.4. The predicted molar refractivity (Wildman–Crippen MR) is 155 cm³/mol. The quantitative estimate of drug-likeness (QED) is 0.284. The van der Waals surface area contributed by atoms with Gasteiger partial charge in [-0.25, -0.2) is 9.07 Å². The number of para-hydroxylation sites is 1. The summed E-state index contributed by atoms with van der Waals surface area (Å²) in [6.45, 7) is 3.20. The van der Waals surface area contributed by atoms with Crippen LogP contribution in [-0.4, -0.2) is 46.1 Å². The molecule has 0 fully saturated rings. The fourth-order valence-electron chi connectivity index (χ4n) is 5.30. The molecule has 230 valence electrons. The van der Waals surface area contributed by atoms with Gasteiger partial charge in [0.05, 0.1) is 17.3 Å². The topological polar surface area (TPSA) is 120 Å². The number of carbonyl (C=O) groups is 3. The van der Waals surface area contributed by atoms with Crippen LogP contribution in [0.5, 0.6) is 0 Å². The first-order chi connectivity index (χ1) is 21.4. The minimum atomic E-state index is -4.71. The third-order valence-corrected chi connectivity index (χ3v) is 7.37. The smallest absolute Gasteiger partial charge is 0.339 e. The lowest BCUT2D eigenvalue weighted by Gasteiger charge is -2.38. The van der Waals surface area contributed by atoms with Crippen LogP contribution in [0.4, 0.5) is 23.4 Å². The number of hydrogen-bond acceptors (Lipinski definition) is 5. The molecule has 45 heavy (non-hydrogen) atoms. The minimum Gasteiger partial charge on any atom is -0.339 e. The Hall–Kier alpha value is -5.51. The lowest BCUT2D eigenvalue weighted by molar-refractivity contribution is -0.137. The average molecular weight is 619 g/mol. The van der Waals surface area contributed by atoms with Crippen LogP contribution >= 0.6 is 0 Å². The third-order valence-electron chi connectivity index (χ3n) is 7.37. The van der Waals surface area contributed by atoms with Crippen LogP contribution in [0.3, 0.4) is 0 Å². The number of nitrogens with zero attached hydrogens (tertiary/aromatic N) is 4. The standard InChI is InChI=1S/C32H26F4N6O3/c1-3-41-30-25(26(29(44)38-18(2)17-37)40-42(30)23-10-5-4-6-11-23)24(19-12-14-22(33)15-13-19)27(31(41)45)39-28(43)20-8-7-9-21(16-20)32(34,35)36/h4-16,18,24,27H,3H2,1-2H3,(H,38,44)(H,39,43)/t18-,24+,27+/m1/s1. The number of anilines is 1. The van der Waals surface area contributed by atoms with Crippen molar-refractivity contribution in [1.29, 1.82) is 5.26 Å². The molecule has 0 radical (unpaired) electrons. The monoisotopic (exact) mass is 618 g/mol. The number of nitriles is 1. The van der Waals surface area contributed by atoms with E-state index in [-0.39, 0.29) is 29.2 Å². The number of fused-ring (bicyclic) bond motifs is 1. The molecular weight excluding hydrogens is 592 g/mol. The first-order valence-corrected chi connectivity index (χ1v) is 13.9. The van der Waals surface area contributed by atoms with Crippen molar-refractivity contribution in [3.8, 4) is 11.8 Å².